The van der Waals surface area contributed by atoms with Gasteiger partial charge < -0.3 is 10.6 Å². The predicted molar refractivity (Wildman–Crippen MR) is 92.7 cm³/mol. The third-order valence-corrected chi connectivity index (χ3v) is 4.72. The van der Waals surface area contributed by atoms with Crippen molar-refractivity contribution in [3.8, 4) is 0 Å². The highest BCUT2D eigenvalue weighted by Crippen LogP contribution is 2.37. The molecule has 5 heteroatoms. The maximum atomic E-state index is 4.90. The third kappa shape index (κ3) is 2.79. The summed E-state index contributed by atoms with van der Waals surface area (Å²) in [5, 5.41) is 7.07. The molecule has 0 bridgehead atoms. The topological polar surface area (TPSA) is 62.2 Å². The van der Waals surface area contributed by atoms with Crippen molar-refractivity contribution in [1.29, 1.82) is 0 Å². The van der Waals surface area contributed by atoms with Crippen molar-refractivity contribution < 1.29 is 0 Å². The van der Waals surface area contributed by atoms with E-state index >= 15 is 0 Å². The van der Waals surface area contributed by atoms with E-state index < -0.39 is 0 Å². The van der Waals surface area contributed by atoms with Crippen molar-refractivity contribution in [2.45, 2.75) is 44.2 Å². The largest absolute Gasteiger partial charge is 0.354 e. The molecule has 2 aliphatic rings. The lowest BCUT2D eigenvalue weighted by Gasteiger charge is -2.42. The van der Waals surface area contributed by atoms with Gasteiger partial charge in [0.15, 0.2) is 11.6 Å². The molecule has 1 aromatic heterocycles. The minimum atomic E-state index is -0.115. The fourth-order valence-corrected chi connectivity index (χ4v) is 3.50. The maximum absolute atomic E-state index is 4.90. The second-order valence-corrected chi connectivity index (χ2v) is 6.30. The van der Waals surface area contributed by atoms with Gasteiger partial charge >= 0.3 is 0 Å². The zero-order chi connectivity index (χ0) is 15.5. The van der Waals surface area contributed by atoms with E-state index in [0.29, 0.717) is 6.54 Å². The molecule has 1 spiro atoms. The van der Waals surface area contributed by atoms with Gasteiger partial charge in [-0.15, -0.1) is 0 Å². The SMILES string of the molecule is c1ccc(CN=C2Nc3nccnc3NC23CCCCC3)cc1. The van der Waals surface area contributed by atoms with Crippen molar-refractivity contribution in [2.75, 3.05) is 10.6 Å². The number of aliphatic imine (C=N–C) groups is 1. The second-order valence-electron chi connectivity index (χ2n) is 6.30. The molecule has 0 atom stereocenters. The molecule has 2 heterocycles. The smallest absolute Gasteiger partial charge is 0.174 e. The quantitative estimate of drug-likeness (QED) is 0.889. The summed E-state index contributed by atoms with van der Waals surface area (Å²) < 4.78 is 0. The minimum absolute atomic E-state index is 0.115. The van der Waals surface area contributed by atoms with Crippen molar-refractivity contribution in [3.63, 3.8) is 0 Å². The molecule has 0 unspecified atom stereocenters. The molecule has 1 saturated carbocycles. The molecule has 118 valence electrons. The summed E-state index contributed by atoms with van der Waals surface area (Å²) in [5.41, 5.74) is 1.11. The molecule has 4 rings (SSSR count). The Bertz CT molecular complexity index is 704. The van der Waals surface area contributed by atoms with Crippen LogP contribution in [0.3, 0.4) is 0 Å². The van der Waals surface area contributed by atoms with Crippen LogP contribution in [0.1, 0.15) is 37.7 Å². The van der Waals surface area contributed by atoms with Gasteiger partial charge in [0.25, 0.3) is 0 Å². The van der Waals surface area contributed by atoms with E-state index in [0.717, 1.165) is 30.3 Å². The molecule has 2 aromatic rings. The van der Waals surface area contributed by atoms with Crippen molar-refractivity contribution in [3.05, 3.63) is 48.3 Å². The molecule has 0 radical (unpaired) electrons. The Kier molecular flexibility index (Phi) is 3.69. The fourth-order valence-electron chi connectivity index (χ4n) is 3.50. The van der Waals surface area contributed by atoms with Crippen molar-refractivity contribution in [1.82, 2.24) is 9.97 Å². The number of hydrogen-bond donors (Lipinski definition) is 2. The number of anilines is 2. The standard InChI is InChI=1S/C18H21N5/c1-3-7-14(8-4-1)13-21-17-18(9-5-2-6-10-18)23-16-15(22-17)19-11-12-20-16/h1,3-4,7-8,11-12H,2,5-6,9-10,13H2,(H,20,23)(H,19,21,22). The molecule has 23 heavy (non-hydrogen) atoms. The second kappa shape index (κ2) is 5.99. The number of nitrogens with one attached hydrogen (secondary N) is 2. The van der Waals surface area contributed by atoms with Gasteiger partial charge in [0.2, 0.25) is 0 Å². The number of amidine groups is 1. The van der Waals surface area contributed by atoms with Crippen LogP contribution in [-0.2, 0) is 6.54 Å². The van der Waals surface area contributed by atoms with E-state index in [4.69, 9.17) is 4.99 Å². The summed E-state index contributed by atoms with van der Waals surface area (Å²) in [6, 6.07) is 10.4. The fraction of sp³-hybridized carbons (Fsp3) is 0.389. The van der Waals surface area contributed by atoms with E-state index in [1.165, 1.54) is 24.8 Å². The lowest BCUT2D eigenvalue weighted by atomic mass is 9.79. The average molecular weight is 307 g/mol. The number of fused-ring (bicyclic) bond motifs is 1. The van der Waals surface area contributed by atoms with Gasteiger partial charge in [0.1, 0.15) is 5.84 Å². The highest BCUT2D eigenvalue weighted by Gasteiger charge is 2.41. The first kappa shape index (κ1) is 14.2. The summed E-state index contributed by atoms with van der Waals surface area (Å²) in [4.78, 5) is 13.7. The zero-order valence-electron chi connectivity index (χ0n) is 13.1. The van der Waals surface area contributed by atoms with Gasteiger partial charge in [-0.2, -0.15) is 0 Å². The first-order chi connectivity index (χ1) is 11.4. The highest BCUT2D eigenvalue weighted by molar-refractivity contribution is 6.08. The van der Waals surface area contributed by atoms with E-state index in [1.807, 2.05) is 6.07 Å². The molecular formula is C18H21N5. The molecule has 0 amide bonds. The maximum Gasteiger partial charge on any atom is 0.174 e. The number of hydrogen-bond acceptors (Lipinski definition) is 4. The van der Waals surface area contributed by atoms with Crippen LogP contribution in [0.15, 0.2) is 47.7 Å². The Morgan fingerprint density at radius 2 is 1.70 bits per heavy atom. The van der Waals surface area contributed by atoms with Crippen LogP contribution in [0.2, 0.25) is 0 Å². The molecule has 1 aromatic carbocycles. The Balaban J connectivity index is 1.67. The summed E-state index contributed by atoms with van der Waals surface area (Å²) in [6.45, 7) is 0.683. The van der Waals surface area contributed by atoms with Crippen molar-refractivity contribution in [2.24, 2.45) is 4.99 Å². The zero-order valence-corrected chi connectivity index (χ0v) is 13.1. The van der Waals surface area contributed by atoms with Gasteiger partial charge in [-0.25, -0.2) is 9.97 Å². The van der Waals surface area contributed by atoms with Crippen LogP contribution in [0, 0.1) is 0 Å². The average Bonchev–Trinajstić information content (AvgIpc) is 2.61. The van der Waals surface area contributed by atoms with Crippen molar-refractivity contribution >= 4 is 17.5 Å². The number of benzene rings is 1. The van der Waals surface area contributed by atoms with Gasteiger partial charge in [0.05, 0.1) is 12.1 Å². The minimum Gasteiger partial charge on any atom is -0.354 e. The highest BCUT2D eigenvalue weighted by atomic mass is 15.2. The van der Waals surface area contributed by atoms with Gasteiger partial charge in [-0.1, -0.05) is 49.6 Å². The third-order valence-electron chi connectivity index (χ3n) is 4.72. The van der Waals surface area contributed by atoms with E-state index in [2.05, 4.69) is 44.9 Å². The summed E-state index contributed by atoms with van der Waals surface area (Å²) >= 11 is 0. The van der Waals surface area contributed by atoms with Crippen LogP contribution in [-0.4, -0.2) is 21.3 Å². The number of rotatable bonds is 2. The molecule has 0 saturated heterocycles. The van der Waals surface area contributed by atoms with Crippen LogP contribution in [0.4, 0.5) is 11.6 Å². The first-order valence-electron chi connectivity index (χ1n) is 8.31. The lowest BCUT2D eigenvalue weighted by molar-refractivity contribution is 0.401. The van der Waals surface area contributed by atoms with Gasteiger partial charge in [-0.3, -0.25) is 4.99 Å². The lowest BCUT2D eigenvalue weighted by Crippen LogP contribution is -2.54. The van der Waals surface area contributed by atoms with E-state index in [-0.39, 0.29) is 5.54 Å². The number of nitrogens with zero attached hydrogens (tertiary/aromatic N) is 3. The van der Waals surface area contributed by atoms with E-state index in [9.17, 15) is 0 Å². The predicted octanol–water partition coefficient (Wildman–Crippen LogP) is 3.62. The number of aromatic nitrogens is 2. The Morgan fingerprint density at radius 3 is 2.48 bits per heavy atom. The van der Waals surface area contributed by atoms with Crippen LogP contribution >= 0.6 is 0 Å². The Labute approximate surface area is 136 Å². The van der Waals surface area contributed by atoms with Gasteiger partial charge in [-0.05, 0) is 18.4 Å². The molecule has 1 aliphatic heterocycles. The summed E-state index contributed by atoms with van der Waals surface area (Å²) in [5.74, 6) is 2.62. The summed E-state index contributed by atoms with van der Waals surface area (Å²) in [6.07, 6.45) is 9.34. The van der Waals surface area contributed by atoms with Crippen LogP contribution in [0.5, 0.6) is 0 Å². The van der Waals surface area contributed by atoms with E-state index in [1.54, 1.807) is 12.4 Å². The summed E-state index contributed by atoms with van der Waals surface area (Å²) in [7, 11) is 0. The van der Waals surface area contributed by atoms with Gasteiger partial charge in [0, 0.05) is 12.4 Å². The molecule has 2 N–H and O–H groups in total. The Hall–Kier alpha value is -2.43. The molecule has 1 aliphatic carbocycles. The van der Waals surface area contributed by atoms with Crippen LogP contribution in [0.25, 0.3) is 0 Å². The molecule has 5 nitrogen and oxygen atoms in total. The molecular weight excluding hydrogens is 286 g/mol. The normalized spacial score (nSPS) is 20.6. The first-order valence-corrected chi connectivity index (χ1v) is 8.31. The molecule has 1 fully saturated rings. The van der Waals surface area contributed by atoms with Crippen LogP contribution < -0.4 is 10.6 Å². The monoisotopic (exact) mass is 307 g/mol. The Morgan fingerprint density at radius 1 is 0.957 bits per heavy atom.